The largest absolute Gasteiger partial charge is 0.336 e. The van der Waals surface area contributed by atoms with Crippen LogP contribution in [0.5, 0.6) is 0 Å². The minimum atomic E-state index is 0.0617. The van der Waals surface area contributed by atoms with Crippen molar-refractivity contribution in [2.75, 3.05) is 26.2 Å². The maximum absolute atomic E-state index is 12.6. The molecule has 3 heterocycles. The van der Waals surface area contributed by atoms with Gasteiger partial charge >= 0.3 is 0 Å². The van der Waals surface area contributed by atoms with Crippen LogP contribution in [0.15, 0.2) is 6.33 Å². The monoisotopic (exact) mass is 288 g/mol. The van der Waals surface area contributed by atoms with Crippen LogP contribution in [-0.4, -0.2) is 57.9 Å². The van der Waals surface area contributed by atoms with Gasteiger partial charge in [0.2, 0.25) is 0 Å². The van der Waals surface area contributed by atoms with Crippen molar-refractivity contribution in [3.63, 3.8) is 0 Å². The molecule has 0 saturated carbocycles. The van der Waals surface area contributed by atoms with Crippen LogP contribution >= 0.6 is 0 Å². The quantitative estimate of drug-likeness (QED) is 0.830. The zero-order valence-electron chi connectivity index (χ0n) is 13.4. The van der Waals surface area contributed by atoms with Crippen molar-refractivity contribution < 1.29 is 4.79 Å². The van der Waals surface area contributed by atoms with Crippen LogP contribution in [-0.2, 0) is 0 Å². The van der Waals surface area contributed by atoms with Gasteiger partial charge in [-0.05, 0) is 40.7 Å². The zero-order valence-corrected chi connectivity index (χ0v) is 13.4. The van der Waals surface area contributed by atoms with Crippen molar-refractivity contribution >= 4 is 5.91 Å². The molecule has 5 heteroatoms. The molecule has 1 spiro atoms. The molecule has 1 aromatic heterocycles. The Morgan fingerprint density at radius 1 is 1.24 bits per heavy atom. The summed E-state index contributed by atoms with van der Waals surface area (Å²) in [4.78, 5) is 25.4. The van der Waals surface area contributed by atoms with Gasteiger partial charge in [-0.3, -0.25) is 4.79 Å². The maximum atomic E-state index is 12.6. The number of rotatable bonds is 2. The summed E-state index contributed by atoms with van der Waals surface area (Å²) in [6.07, 6.45) is 2.69. The molecule has 2 saturated heterocycles. The van der Waals surface area contributed by atoms with Gasteiger partial charge in [-0.1, -0.05) is 0 Å². The predicted molar refractivity (Wildman–Crippen MR) is 81.2 cm³/mol. The standard InChI is InChI=1S/C16H24N4O/c1-11(2)19-6-5-16(7-19)8-20(9-16)15(21)14-12(3)13(4)17-10-18-14/h10-11H,5-9H2,1-4H3. The average molecular weight is 288 g/mol. The number of hydrogen-bond acceptors (Lipinski definition) is 4. The van der Waals surface area contributed by atoms with E-state index in [1.807, 2.05) is 18.7 Å². The van der Waals surface area contributed by atoms with Crippen LogP contribution in [0.25, 0.3) is 0 Å². The highest BCUT2D eigenvalue weighted by Gasteiger charge is 2.49. The third-order valence-electron chi connectivity index (χ3n) is 5.08. The molecule has 0 bridgehead atoms. The zero-order chi connectivity index (χ0) is 15.2. The molecule has 0 unspecified atom stereocenters. The van der Waals surface area contributed by atoms with Crippen LogP contribution < -0.4 is 0 Å². The third-order valence-corrected chi connectivity index (χ3v) is 5.08. The molecule has 21 heavy (non-hydrogen) atoms. The number of likely N-dealkylation sites (tertiary alicyclic amines) is 2. The van der Waals surface area contributed by atoms with Crippen molar-refractivity contribution in [1.29, 1.82) is 0 Å². The van der Waals surface area contributed by atoms with Crippen LogP contribution in [0, 0.1) is 19.3 Å². The second-order valence-electron chi connectivity index (χ2n) is 6.91. The Balaban J connectivity index is 1.67. The molecule has 114 valence electrons. The summed E-state index contributed by atoms with van der Waals surface area (Å²) >= 11 is 0. The van der Waals surface area contributed by atoms with Gasteiger partial charge in [-0.25, -0.2) is 9.97 Å². The number of carbonyl (C=O) groups is 1. The number of amides is 1. The molecule has 5 nitrogen and oxygen atoms in total. The second kappa shape index (κ2) is 5.05. The van der Waals surface area contributed by atoms with Gasteiger partial charge < -0.3 is 9.80 Å². The van der Waals surface area contributed by atoms with Gasteiger partial charge in [-0.15, -0.1) is 0 Å². The Morgan fingerprint density at radius 3 is 2.57 bits per heavy atom. The lowest BCUT2D eigenvalue weighted by Gasteiger charge is -2.48. The fraction of sp³-hybridized carbons (Fsp3) is 0.688. The Kier molecular flexibility index (Phi) is 3.48. The molecule has 2 aliphatic rings. The first kappa shape index (κ1) is 14.4. The SMILES string of the molecule is Cc1ncnc(C(=O)N2CC3(CCN(C(C)C)C3)C2)c1C. The third kappa shape index (κ3) is 2.44. The van der Waals surface area contributed by atoms with Crippen molar-refractivity contribution in [3.8, 4) is 0 Å². The van der Waals surface area contributed by atoms with E-state index in [0.717, 1.165) is 37.4 Å². The molecule has 2 aliphatic heterocycles. The lowest BCUT2D eigenvalue weighted by atomic mass is 9.78. The summed E-state index contributed by atoms with van der Waals surface area (Å²) in [6, 6.07) is 0.598. The molecular formula is C16H24N4O. The highest BCUT2D eigenvalue weighted by molar-refractivity contribution is 5.94. The first-order valence-electron chi connectivity index (χ1n) is 7.73. The Morgan fingerprint density at radius 2 is 1.95 bits per heavy atom. The fourth-order valence-electron chi connectivity index (χ4n) is 3.48. The summed E-state index contributed by atoms with van der Waals surface area (Å²) in [5.41, 5.74) is 2.68. The number of nitrogens with zero attached hydrogens (tertiary/aromatic N) is 4. The Hall–Kier alpha value is -1.49. The molecular weight excluding hydrogens is 264 g/mol. The molecule has 1 amide bonds. The first-order chi connectivity index (χ1) is 9.92. The molecule has 0 radical (unpaired) electrons. The van der Waals surface area contributed by atoms with E-state index in [2.05, 4.69) is 28.7 Å². The Labute approximate surface area is 126 Å². The van der Waals surface area contributed by atoms with E-state index >= 15 is 0 Å². The van der Waals surface area contributed by atoms with Crippen molar-refractivity contribution in [2.45, 2.75) is 40.2 Å². The van der Waals surface area contributed by atoms with Gasteiger partial charge in [0, 0.05) is 42.3 Å². The first-order valence-corrected chi connectivity index (χ1v) is 7.73. The highest BCUT2D eigenvalue weighted by Crippen LogP contribution is 2.40. The van der Waals surface area contributed by atoms with Crippen molar-refractivity contribution in [1.82, 2.24) is 19.8 Å². The lowest BCUT2D eigenvalue weighted by molar-refractivity contribution is 0.00879. The van der Waals surface area contributed by atoms with Gasteiger partial charge in [-0.2, -0.15) is 0 Å². The van der Waals surface area contributed by atoms with Gasteiger partial charge in [0.25, 0.3) is 5.91 Å². The van der Waals surface area contributed by atoms with Crippen LogP contribution in [0.1, 0.15) is 42.0 Å². The molecule has 0 N–H and O–H groups in total. The minimum absolute atomic E-state index is 0.0617. The van der Waals surface area contributed by atoms with Crippen LogP contribution in [0.4, 0.5) is 0 Å². The van der Waals surface area contributed by atoms with Gasteiger partial charge in [0.1, 0.15) is 12.0 Å². The van der Waals surface area contributed by atoms with Crippen molar-refractivity contribution in [3.05, 3.63) is 23.3 Å². The molecule has 0 aromatic carbocycles. The van der Waals surface area contributed by atoms with Gasteiger partial charge in [0.15, 0.2) is 0 Å². The highest BCUT2D eigenvalue weighted by atomic mass is 16.2. The van der Waals surface area contributed by atoms with Gasteiger partial charge in [0.05, 0.1) is 0 Å². The summed E-state index contributed by atoms with van der Waals surface area (Å²) in [5, 5.41) is 0. The summed E-state index contributed by atoms with van der Waals surface area (Å²) in [5.74, 6) is 0.0617. The molecule has 0 aliphatic carbocycles. The molecule has 3 rings (SSSR count). The lowest BCUT2D eigenvalue weighted by Crippen LogP contribution is -2.59. The predicted octanol–water partition coefficient (Wildman–Crippen LogP) is 1.65. The summed E-state index contributed by atoms with van der Waals surface area (Å²) < 4.78 is 0. The fourth-order valence-corrected chi connectivity index (χ4v) is 3.48. The van der Waals surface area contributed by atoms with Crippen LogP contribution in [0.2, 0.25) is 0 Å². The topological polar surface area (TPSA) is 49.3 Å². The Bertz CT molecular complexity index is 563. The smallest absolute Gasteiger partial charge is 0.272 e. The normalized spacial score (nSPS) is 21.1. The number of carbonyl (C=O) groups excluding carboxylic acids is 1. The van der Waals surface area contributed by atoms with E-state index < -0.39 is 0 Å². The van der Waals surface area contributed by atoms with E-state index in [-0.39, 0.29) is 5.91 Å². The van der Waals surface area contributed by atoms with E-state index in [9.17, 15) is 4.79 Å². The number of aryl methyl sites for hydroxylation is 1. The number of aromatic nitrogens is 2. The van der Waals surface area contributed by atoms with E-state index in [1.54, 1.807) is 0 Å². The molecule has 2 fully saturated rings. The summed E-state index contributed by atoms with van der Waals surface area (Å²) in [7, 11) is 0. The maximum Gasteiger partial charge on any atom is 0.272 e. The molecule has 0 atom stereocenters. The average Bonchev–Trinajstić information content (AvgIpc) is 2.85. The minimum Gasteiger partial charge on any atom is -0.336 e. The molecule has 1 aromatic rings. The second-order valence-corrected chi connectivity index (χ2v) is 6.91. The van der Waals surface area contributed by atoms with E-state index in [4.69, 9.17) is 0 Å². The van der Waals surface area contributed by atoms with Crippen LogP contribution in [0.3, 0.4) is 0 Å². The number of hydrogen-bond donors (Lipinski definition) is 0. The van der Waals surface area contributed by atoms with E-state index in [1.165, 1.54) is 12.7 Å². The van der Waals surface area contributed by atoms with E-state index in [0.29, 0.717) is 17.2 Å². The van der Waals surface area contributed by atoms with Crippen molar-refractivity contribution in [2.24, 2.45) is 5.41 Å². The summed E-state index contributed by atoms with van der Waals surface area (Å²) in [6.45, 7) is 12.4.